The molecule has 3 aromatic rings. The molecule has 108 valence electrons. The Morgan fingerprint density at radius 2 is 1.95 bits per heavy atom. The fourth-order valence-electron chi connectivity index (χ4n) is 2.72. The molecule has 21 heavy (non-hydrogen) atoms. The Labute approximate surface area is 128 Å². The molecule has 0 saturated carbocycles. The van der Waals surface area contributed by atoms with Crippen molar-refractivity contribution in [3.05, 3.63) is 63.7 Å². The molecule has 0 amide bonds. The number of benzene rings is 2. The van der Waals surface area contributed by atoms with Gasteiger partial charge in [0.1, 0.15) is 5.82 Å². The van der Waals surface area contributed by atoms with Crippen LogP contribution in [0, 0.1) is 24.4 Å². The summed E-state index contributed by atoms with van der Waals surface area (Å²) >= 11 is 5.43. The molecule has 1 aromatic heterocycles. The lowest BCUT2D eigenvalue weighted by molar-refractivity contribution is 0.624. The van der Waals surface area contributed by atoms with Gasteiger partial charge in [-0.25, -0.2) is 4.39 Å². The van der Waals surface area contributed by atoms with Crippen molar-refractivity contribution in [3.63, 3.8) is 0 Å². The minimum absolute atomic E-state index is 0.185. The van der Waals surface area contributed by atoms with Crippen LogP contribution >= 0.6 is 12.2 Å². The first-order chi connectivity index (χ1) is 10.1. The summed E-state index contributed by atoms with van der Waals surface area (Å²) in [7, 11) is 0. The van der Waals surface area contributed by atoms with Crippen molar-refractivity contribution in [3.8, 4) is 0 Å². The average molecular weight is 300 g/mol. The van der Waals surface area contributed by atoms with Gasteiger partial charge in [-0.2, -0.15) is 0 Å². The Morgan fingerprint density at radius 1 is 1.14 bits per heavy atom. The number of fused-ring (bicyclic) bond motifs is 1. The maximum atomic E-state index is 13.2. The van der Waals surface area contributed by atoms with E-state index in [-0.39, 0.29) is 5.82 Å². The fourth-order valence-corrected chi connectivity index (χ4v) is 3.01. The summed E-state index contributed by atoms with van der Waals surface area (Å²) in [6, 6.07) is 11.1. The van der Waals surface area contributed by atoms with E-state index in [1.54, 1.807) is 6.07 Å². The zero-order valence-corrected chi connectivity index (χ0v) is 12.9. The molecule has 4 heteroatoms. The molecule has 2 aromatic carbocycles. The van der Waals surface area contributed by atoms with Crippen LogP contribution in [0.5, 0.6) is 0 Å². The van der Waals surface area contributed by atoms with Gasteiger partial charge in [0.25, 0.3) is 0 Å². The van der Waals surface area contributed by atoms with Gasteiger partial charge < -0.3 is 9.55 Å². The lowest BCUT2D eigenvalue weighted by atomic mass is 10.1. The van der Waals surface area contributed by atoms with Crippen molar-refractivity contribution in [2.24, 2.45) is 0 Å². The molecular formula is C17H17FN2S. The normalized spacial score (nSPS) is 11.2. The highest BCUT2D eigenvalue weighted by Gasteiger charge is 2.07. The average Bonchev–Trinajstić information content (AvgIpc) is 2.76. The summed E-state index contributed by atoms with van der Waals surface area (Å²) in [5.41, 5.74) is 5.55. The lowest BCUT2D eigenvalue weighted by Gasteiger charge is -2.08. The number of para-hydroxylation sites is 1. The smallest absolute Gasteiger partial charge is 0.178 e. The van der Waals surface area contributed by atoms with Crippen molar-refractivity contribution in [1.82, 2.24) is 9.55 Å². The molecule has 0 aliphatic rings. The van der Waals surface area contributed by atoms with Gasteiger partial charge in [-0.05, 0) is 67.4 Å². The van der Waals surface area contributed by atoms with Crippen molar-refractivity contribution in [2.75, 3.05) is 0 Å². The molecule has 0 aliphatic heterocycles. The van der Waals surface area contributed by atoms with Crippen molar-refractivity contribution in [1.29, 1.82) is 0 Å². The van der Waals surface area contributed by atoms with E-state index in [9.17, 15) is 4.39 Å². The van der Waals surface area contributed by atoms with E-state index in [1.165, 1.54) is 11.6 Å². The number of H-pyrrole nitrogens is 1. The summed E-state index contributed by atoms with van der Waals surface area (Å²) in [5, 5.41) is 0. The molecule has 1 heterocycles. The first-order valence-corrected chi connectivity index (χ1v) is 7.40. The van der Waals surface area contributed by atoms with E-state index in [2.05, 4.69) is 28.6 Å². The topological polar surface area (TPSA) is 20.7 Å². The zero-order valence-electron chi connectivity index (χ0n) is 12.1. The number of aryl methyl sites for hydroxylation is 4. The molecule has 0 bridgehead atoms. The maximum Gasteiger partial charge on any atom is 0.178 e. The lowest BCUT2D eigenvalue weighted by Crippen LogP contribution is -2.03. The summed E-state index contributed by atoms with van der Waals surface area (Å²) in [5.74, 6) is -0.185. The van der Waals surface area contributed by atoms with Crippen LogP contribution in [0.1, 0.15) is 16.7 Å². The summed E-state index contributed by atoms with van der Waals surface area (Å²) in [4.78, 5) is 3.27. The molecule has 2 nitrogen and oxygen atoms in total. The highest BCUT2D eigenvalue weighted by Crippen LogP contribution is 2.19. The minimum Gasteiger partial charge on any atom is -0.330 e. The van der Waals surface area contributed by atoms with Crippen LogP contribution < -0.4 is 0 Å². The van der Waals surface area contributed by atoms with E-state index in [1.807, 2.05) is 19.1 Å². The maximum absolute atomic E-state index is 13.2. The Kier molecular flexibility index (Phi) is 3.64. The molecule has 0 radical (unpaired) electrons. The van der Waals surface area contributed by atoms with Crippen LogP contribution in [0.3, 0.4) is 0 Å². The van der Waals surface area contributed by atoms with Crippen LogP contribution in [-0.4, -0.2) is 9.55 Å². The number of hydrogen-bond donors (Lipinski definition) is 1. The van der Waals surface area contributed by atoms with Crippen LogP contribution in [0.25, 0.3) is 11.0 Å². The Morgan fingerprint density at radius 3 is 2.71 bits per heavy atom. The third-order valence-corrected chi connectivity index (χ3v) is 4.25. The number of nitrogens with zero attached hydrogens (tertiary/aromatic N) is 1. The molecule has 0 aliphatic carbocycles. The minimum atomic E-state index is -0.185. The summed E-state index contributed by atoms with van der Waals surface area (Å²) in [6.45, 7) is 4.80. The molecule has 0 saturated heterocycles. The fraction of sp³-hybridized carbons (Fsp3) is 0.235. The summed E-state index contributed by atoms with van der Waals surface area (Å²) in [6.07, 6.45) is 0.835. The number of hydrogen-bond acceptors (Lipinski definition) is 1. The number of aromatic nitrogens is 2. The van der Waals surface area contributed by atoms with E-state index in [0.29, 0.717) is 0 Å². The molecule has 0 spiro atoms. The monoisotopic (exact) mass is 300 g/mol. The van der Waals surface area contributed by atoms with E-state index >= 15 is 0 Å². The molecular weight excluding hydrogens is 283 g/mol. The van der Waals surface area contributed by atoms with E-state index in [4.69, 9.17) is 12.2 Å². The molecule has 0 unspecified atom stereocenters. The van der Waals surface area contributed by atoms with Gasteiger partial charge in [0.05, 0.1) is 11.0 Å². The van der Waals surface area contributed by atoms with Crippen molar-refractivity contribution >= 4 is 23.3 Å². The van der Waals surface area contributed by atoms with Gasteiger partial charge in [-0.1, -0.05) is 18.2 Å². The van der Waals surface area contributed by atoms with Crippen molar-refractivity contribution in [2.45, 2.75) is 26.8 Å². The van der Waals surface area contributed by atoms with Crippen LogP contribution in [0.2, 0.25) is 0 Å². The van der Waals surface area contributed by atoms with Gasteiger partial charge in [0, 0.05) is 6.54 Å². The van der Waals surface area contributed by atoms with Crippen LogP contribution in [-0.2, 0) is 13.0 Å². The largest absolute Gasteiger partial charge is 0.330 e. The third kappa shape index (κ3) is 2.63. The first-order valence-electron chi connectivity index (χ1n) is 6.99. The van der Waals surface area contributed by atoms with E-state index < -0.39 is 0 Å². The number of nitrogens with one attached hydrogen (secondary N) is 1. The summed E-state index contributed by atoms with van der Waals surface area (Å²) < 4.78 is 16.0. The predicted octanol–water partition coefficient (Wildman–Crippen LogP) is 4.70. The van der Waals surface area contributed by atoms with Gasteiger partial charge >= 0.3 is 0 Å². The van der Waals surface area contributed by atoms with Crippen LogP contribution in [0.4, 0.5) is 4.39 Å². The van der Waals surface area contributed by atoms with E-state index in [0.717, 1.165) is 39.9 Å². The Balaban J connectivity index is 1.94. The number of halogens is 1. The second-order valence-electron chi connectivity index (χ2n) is 5.37. The number of imidazole rings is 1. The third-order valence-electron chi connectivity index (χ3n) is 3.93. The zero-order chi connectivity index (χ0) is 15.0. The van der Waals surface area contributed by atoms with Crippen LogP contribution in [0.15, 0.2) is 36.4 Å². The Hall–Kier alpha value is -1.94. The molecule has 1 N–H and O–H groups in total. The standard InChI is InChI=1S/C17H17FN2S/c1-11-4-3-5-15-16(11)19-17(21)20(15)9-8-13-6-7-14(18)10-12(13)2/h3-7,10H,8-9H2,1-2H3,(H,19,21). The number of rotatable bonds is 3. The predicted molar refractivity (Wildman–Crippen MR) is 86.7 cm³/mol. The van der Waals surface area contributed by atoms with Gasteiger partial charge in [-0.15, -0.1) is 0 Å². The SMILES string of the molecule is Cc1cc(F)ccc1CCn1c(=S)[nH]c2c(C)cccc21. The quantitative estimate of drug-likeness (QED) is 0.695. The molecule has 0 fully saturated rings. The van der Waals surface area contributed by atoms with Gasteiger partial charge in [-0.3, -0.25) is 0 Å². The highest BCUT2D eigenvalue weighted by atomic mass is 32.1. The second kappa shape index (κ2) is 5.45. The number of aromatic amines is 1. The van der Waals surface area contributed by atoms with Gasteiger partial charge in [0.2, 0.25) is 0 Å². The van der Waals surface area contributed by atoms with Crippen molar-refractivity contribution < 1.29 is 4.39 Å². The second-order valence-corrected chi connectivity index (χ2v) is 5.76. The first kappa shape index (κ1) is 14.0. The Bertz CT molecular complexity index is 861. The molecule has 3 rings (SSSR count). The highest BCUT2D eigenvalue weighted by molar-refractivity contribution is 7.71. The van der Waals surface area contributed by atoms with Gasteiger partial charge in [0.15, 0.2) is 4.77 Å². The molecule has 0 atom stereocenters.